The lowest BCUT2D eigenvalue weighted by atomic mass is 9.81. The number of hydrogen-bond acceptors (Lipinski definition) is 3. The normalized spacial score (nSPS) is 18.6. The highest BCUT2D eigenvalue weighted by Gasteiger charge is 2.26. The van der Waals surface area contributed by atoms with Crippen LogP contribution in [0.5, 0.6) is 5.75 Å². The minimum absolute atomic E-state index is 0.445. The molecular weight excluding hydrogens is 242 g/mol. The molecule has 2 N–H and O–H groups in total. The van der Waals surface area contributed by atoms with E-state index in [0.717, 1.165) is 12.3 Å². The fourth-order valence-corrected chi connectivity index (χ4v) is 3.98. The molecule has 1 atom stereocenters. The Morgan fingerprint density at radius 1 is 1.39 bits per heavy atom. The summed E-state index contributed by atoms with van der Waals surface area (Å²) in [4.78, 5) is 0. The van der Waals surface area contributed by atoms with Crippen molar-refractivity contribution in [2.45, 2.75) is 25.7 Å². The number of ether oxygens (including phenoxy) is 1. The van der Waals surface area contributed by atoms with E-state index in [4.69, 9.17) is 10.5 Å². The van der Waals surface area contributed by atoms with Crippen LogP contribution in [0.1, 0.15) is 29.9 Å². The van der Waals surface area contributed by atoms with Crippen LogP contribution in [0.15, 0.2) is 18.2 Å². The van der Waals surface area contributed by atoms with E-state index in [1.165, 1.54) is 35.5 Å². The van der Waals surface area contributed by atoms with E-state index in [2.05, 4.69) is 36.9 Å². The zero-order chi connectivity index (χ0) is 13.0. The van der Waals surface area contributed by atoms with Crippen molar-refractivity contribution in [3.05, 3.63) is 29.3 Å². The van der Waals surface area contributed by atoms with Crippen LogP contribution < -0.4 is 10.5 Å². The monoisotopic (exact) mass is 265 g/mol. The highest BCUT2D eigenvalue weighted by atomic mass is 32.2. The Kier molecular flexibility index (Phi) is 4.95. The van der Waals surface area contributed by atoms with Crippen LogP contribution in [-0.2, 0) is 0 Å². The summed E-state index contributed by atoms with van der Waals surface area (Å²) >= 11 is 2.06. The van der Waals surface area contributed by atoms with Gasteiger partial charge in [-0.3, -0.25) is 0 Å². The highest BCUT2D eigenvalue weighted by Crippen LogP contribution is 2.38. The first-order valence-electron chi connectivity index (χ1n) is 6.68. The van der Waals surface area contributed by atoms with E-state index in [1.807, 2.05) is 0 Å². The molecule has 0 aliphatic carbocycles. The Hall–Kier alpha value is -0.670. The van der Waals surface area contributed by atoms with Gasteiger partial charge in [0.2, 0.25) is 0 Å². The molecule has 1 unspecified atom stereocenters. The molecule has 0 saturated carbocycles. The quantitative estimate of drug-likeness (QED) is 0.908. The zero-order valence-corrected chi connectivity index (χ0v) is 12.1. The number of aryl methyl sites for hydroxylation is 1. The molecule has 0 spiro atoms. The SMILES string of the molecule is COc1ccc(C)cc1C(CN)C1CCSCC1. The minimum atomic E-state index is 0.445. The van der Waals surface area contributed by atoms with Crippen LogP contribution in [0, 0.1) is 12.8 Å². The zero-order valence-electron chi connectivity index (χ0n) is 11.3. The van der Waals surface area contributed by atoms with Gasteiger partial charge in [-0.15, -0.1) is 0 Å². The minimum Gasteiger partial charge on any atom is -0.496 e. The van der Waals surface area contributed by atoms with E-state index < -0.39 is 0 Å². The summed E-state index contributed by atoms with van der Waals surface area (Å²) in [6.07, 6.45) is 2.56. The molecule has 2 nitrogen and oxygen atoms in total. The number of benzene rings is 1. The molecule has 0 amide bonds. The molecule has 0 bridgehead atoms. The first kappa shape index (κ1) is 13.8. The van der Waals surface area contributed by atoms with Gasteiger partial charge in [0.25, 0.3) is 0 Å². The second kappa shape index (κ2) is 6.48. The number of thioether (sulfide) groups is 1. The fraction of sp³-hybridized carbons (Fsp3) is 0.600. The van der Waals surface area contributed by atoms with Crippen LogP contribution in [0.25, 0.3) is 0 Å². The fourth-order valence-electron chi connectivity index (χ4n) is 2.84. The van der Waals surface area contributed by atoms with E-state index >= 15 is 0 Å². The molecule has 0 aromatic heterocycles. The molecule has 1 saturated heterocycles. The van der Waals surface area contributed by atoms with E-state index in [1.54, 1.807) is 7.11 Å². The molecule has 1 fully saturated rings. The summed E-state index contributed by atoms with van der Waals surface area (Å²) in [6.45, 7) is 2.85. The van der Waals surface area contributed by atoms with Gasteiger partial charge in [-0.1, -0.05) is 17.7 Å². The average Bonchev–Trinajstić information content (AvgIpc) is 2.41. The molecule has 1 aliphatic heterocycles. The van der Waals surface area contributed by atoms with Crippen LogP contribution in [0.2, 0.25) is 0 Å². The van der Waals surface area contributed by atoms with Crippen LogP contribution in [0.3, 0.4) is 0 Å². The van der Waals surface area contributed by atoms with Gasteiger partial charge in [0.15, 0.2) is 0 Å². The third kappa shape index (κ3) is 3.01. The van der Waals surface area contributed by atoms with Crippen molar-refractivity contribution in [1.82, 2.24) is 0 Å². The summed E-state index contributed by atoms with van der Waals surface area (Å²) in [5.74, 6) is 4.70. The Bertz CT molecular complexity index is 388. The lowest BCUT2D eigenvalue weighted by molar-refractivity contribution is 0.369. The number of hydrogen-bond donors (Lipinski definition) is 1. The van der Waals surface area contributed by atoms with Crippen molar-refractivity contribution >= 4 is 11.8 Å². The number of rotatable bonds is 4. The molecule has 0 radical (unpaired) electrons. The summed E-state index contributed by atoms with van der Waals surface area (Å²) < 4.78 is 5.51. The van der Waals surface area contributed by atoms with Crippen molar-refractivity contribution in [1.29, 1.82) is 0 Å². The van der Waals surface area contributed by atoms with Gasteiger partial charge in [0.05, 0.1) is 7.11 Å². The maximum absolute atomic E-state index is 6.05. The lowest BCUT2D eigenvalue weighted by Crippen LogP contribution is -2.25. The van der Waals surface area contributed by atoms with Gasteiger partial charge in [-0.05, 0) is 55.4 Å². The van der Waals surface area contributed by atoms with Crippen LogP contribution in [0.4, 0.5) is 0 Å². The molecule has 1 aliphatic rings. The molecular formula is C15H23NOS. The van der Waals surface area contributed by atoms with Gasteiger partial charge in [-0.25, -0.2) is 0 Å². The maximum atomic E-state index is 6.05. The van der Waals surface area contributed by atoms with Gasteiger partial charge in [-0.2, -0.15) is 11.8 Å². The van der Waals surface area contributed by atoms with E-state index in [-0.39, 0.29) is 0 Å². The molecule has 2 rings (SSSR count). The molecule has 100 valence electrons. The Labute approximate surface area is 114 Å². The van der Waals surface area contributed by atoms with Gasteiger partial charge in [0, 0.05) is 5.92 Å². The number of methoxy groups -OCH3 is 1. The van der Waals surface area contributed by atoms with Gasteiger partial charge in [0.1, 0.15) is 5.75 Å². The average molecular weight is 265 g/mol. The summed E-state index contributed by atoms with van der Waals surface area (Å²) in [7, 11) is 1.75. The van der Waals surface area contributed by atoms with Crippen LogP contribution in [-0.4, -0.2) is 25.2 Å². The molecule has 1 aromatic rings. The lowest BCUT2D eigenvalue weighted by Gasteiger charge is -2.30. The van der Waals surface area contributed by atoms with Gasteiger partial charge >= 0.3 is 0 Å². The molecule has 1 aromatic carbocycles. The Morgan fingerprint density at radius 2 is 2.11 bits per heavy atom. The van der Waals surface area contributed by atoms with Crippen LogP contribution >= 0.6 is 11.8 Å². The standard InChI is InChI=1S/C15H23NOS/c1-11-3-4-15(17-2)13(9-11)14(10-16)12-5-7-18-8-6-12/h3-4,9,12,14H,5-8,10,16H2,1-2H3. The van der Waals surface area contributed by atoms with Crippen molar-refractivity contribution in [3.8, 4) is 5.75 Å². The maximum Gasteiger partial charge on any atom is 0.122 e. The molecule has 18 heavy (non-hydrogen) atoms. The first-order valence-corrected chi connectivity index (χ1v) is 7.84. The summed E-state index contributed by atoms with van der Waals surface area (Å²) in [6, 6.07) is 6.43. The second-order valence-electron chi connectivity index (χ2n) is 5.04. The Morgan fingerprint density at radius 3 is 2.72 bits per heavy atom. The third-order valence-electron chi connectivity index (χ3n) is 3.87. The number of nitrogens with two attached hydrogens (primary N) is 1. The summed E-state index contributed by atoms with van der Waals surface area (Å²) in [5.41, 5.74) is 8.64. The smallest absolute Gasteiger partial charge is 0.122 e. The third-order valence-corrected chi connectivity index (χ3v) is 4.92. The topological polar surface area (TPSA) is 35.2 Å². The predicted octanol–water partition coefficient (Wildman–Crippen LogP) is 3.19. The van der Waals surface area contributed by atoms with E-state index in [0.29, 0.717) is 11.8 Å². The first-order chi connectivity index (χ1) is 8.76. The van der Waals surface area contributed by atoms with Crippen molar-refractivity contribution in [2.24, 2.45) is 11.7 Å². The largest absolute Gasteiger partial charge is 0.496 e. The van der Waals surface area contributed by atoms with Gasteiger partial charge < -0.3 is 10.5 Å². The Balaban J connectivity index is 2.27. The van der Waals surface area contributed by atoms with Crippen molar-refractivity contribution in [2.75, 3.05) is 25.2 Å². The second-order valence-corrected chi connectivity index (χ2v) is 6.26. The van der Waals surface area contributed by atoms with Crippen molar-refractivity contribution < 1.29 is 4.74 Å². The predicted molar refractivity (Wildman–Crippen MR) is 79.6 cm³/mol. The summed E-state index contributed by atoms with van der Waals surface area (Å²) in [5, 5.41) is 0. The highest BCUT2D eigenvalue weighted by molar-refractivity contribution is 7.99. The van der Waals surface area contributed by atoms with Crippen molar-refractivity contribution in [3.63, 3.8) is 0 Å². The molecule has 1 heterocycles. The molecule has 3 heteroatoms. The van der Waals surface area contributed by atoms with E-state index in [9.17, 15) is 0 Å².